The van der Waals surface area contributed by atoms with Gasteiger partial charge in [0.25, 0.3) is 15.5 Å². The highest BCUT2D eigenvalue weighted by Crippen LogP contribution is 2.25. The van der Waals surface area contributed by atoms with Gasteiger partial charge in [0, 0.05) is 16.2 Å². The van der Waals surface area contributed by atoms with Crippen molar-refractivity contribution >= 4 is 19.7 Å². The Morgan fingerprint density at radius 2 is 1.93 bits per heavy atom. The lowest BCUT2D eigenvalue weighted by molar-refractivity contribution is 0.150. The van der Waals surface area contributed by atoms with Crippen LogP contribution in [0.3, 0.4) is 0 Å². The minimum Gasteiger partial charge on any atom is -0.207 e. The van der Waals surface area contributed by atoms with Crippen LogP contribution in [-0.2, 0) is 9.05 Å². The van der Waals surface area contributed by atoms with Crippen LogP contribution < -0.4 is 0 Å². The molecule has 0 aliphatic heterocycles. The van der Waals surface area contributed by atoms with Gasteiger partial charge in [-0.05, 0) is 24.6 Å². The fraction of sp³-hybridized carbons (Fsp3) is 0.250. The molecule has 0 spiro atoms. The maximum Gasteiger partial charge on any atom is 0.264 e. The van der Waals surface area contributed by atoms with E-state index in [-0.39, 0.29) is 16.0 Å². The van der Waals surface area contributed by atoms with Crippen molar-refractivity contribution in [2.75, 3.05) is 0 Å². The molecule has 0 saturated heterocycles. The summed E-state index contributed by atoms with van der Waals surface area (Å²) in [6.45, 7) is 1.41. The predicted octanol–water partition coefficient (Wildman–Crippen LogP) is 2.86. The minimum atomic E-state index is -3.84. The van der Waals surface area contributed by atoms with E-state index in [1.165, 1.54) is 6.92 Å². The molecule has 0 bridgehead atoms. The van der Waals surface area contributed by atoms with Gasteiger partial charge in [0.2, 0.25) is 0 Å². The van der Waals surface area contributed by atoms with Crippen molar-refractivity contribution in [2.24, 2.45) is 0 Å². The molecule has 0 unspecified atom stereocenters. The van der Waals surface area contributed by atoms with E-state index in [0.717, 1.165) is 18.2 Å². The third-order valence-electron chi connectivity index (χ3n) is 1.76. The predicted molar refractivity (Wildman–Crippen MR) is 49.2 cm³/mol. The molecule has 0 N–H and O–H groups in total. The molecule has 14 heavy (non-hydrogen) atoms. The van der Waals surface area contributed by atoms with Gasteiger partial charge < -0.3 is 0 Å². The fourth-order valence-electron chi connectivity index (χ4n) is 1.04. The average Bonchev–Trinajstić information content (AvgIpc) is 2.01. The Labute approximate surface area is 84.9 Å². The number of hydrogen-bond acceptors (Lipinski definition) is 2. The summed E-state index contributed by atoms with van der Waals surface area (Å²) in [7, 11) is 1.21. The summed E-state index contributed by atoms with van der Waals surface area (Å²) in [5, 5.41) is 0. The summed E-state index contributed by atoms with van der Waals surface area (Å²) < 4.78 is 46.2. The lowest BCUT2D eigenvalue weighted by Crippen LogP contribution is -1.95. The van der Waals surface area contributed by atoms with Crippen LogP contribution in [0.2, 0.25) is 0 Å². The van der Waals surface area contributed by atoms with Gasteiger partial charge >= 0.3 is 0 Å². The third kappa shape index (κ3) is 2.42. The fourth-order valence-corrected chi connectivity index (χ4v) is 1.88. The Balaban J connectivity index is 3.27. The summed E-state index contributed by atoms with van der Waals surface area (Å²) in [5.74, 6) is 0. The van der Waals surface area contributed by atoms with Crippen LogP contribution in [0.1, 0.15) is 17.6 Å². The normalized spacial score (nSPS) is 12.1. The van der Waals surface area contributed by atoms with Crippen molar-refractivity contribution in [3.05, 3.63) is 29.3 Å². The van der Waals surface area contributed by atoms with Gasteiger partial charge in [0.15, 0.2) is 0 Å². The lowest BCUT2D eigenvalue weighted by atomic mass is 10.1. The van der Waals surface area contributed by atoms with Crippen molar-refractivity contribution < 1.29 is 17.2 Å². The number of benzene rings is 1. The van der Waals surface area contributed by atoms with Crippen LogP contribution >= 0.6 is 10.7 Å². The number of rotatable bonds is 2. The van der Waals surface area contributed by atoms with Crippen LogP contribution in [0, 0.1) is 6.92 Å². The standard InChI is InChI=1S/C8H7ClF2O2S/c1-5-4-6(14(9,12)13)2-3-7(5)8(10)11/h2-4,8H,1H3. The molecule has 0 radical (unpaired) electrons. The Bertz CT molecular complexity index is 443. The van der Waals surface area contributed by atoms with Gasteiger partial charge in [-0.15, -0.1) is 0 Å². The zero-order valence-electron chi connectivity index (χ0n) is 7.17. The lowest BCUT2D eigenvalue weighted by Gasteiger charge is -2.05. The molecule has 6 heteroatoms. The molecule has 0 atom stereocenters. The first-order valence-corrected chi connectivity index (χ1v) is 5.96. The molecule has 1 rings (SSSR count). The molecular formula is C8H7ClF2O2S. The van der Waals surface area contributed by atoms with Crippen LogP contribution in [0.15, 0.2) is 23.1 Å². The van der Waals surface area contributed by atoms with Crippen molar-refractivity contribution in [1.82, 2.24) is 0 Å². The molecule has 0 saturated carbocycles. The molecule has 0 aliphatic rings. The quantitative estimate of drug-likeness (QED) is 0.745. The smallest absolute Gasteiger partial charge is 0.207 e. The first kappa shape index (κ1) is 11.4. The van der Waals surface area contributed by atoms with E-state index in [0.29, 0.717) is 0 Å². The second kappa shape index (κ2) is 3.82. The Hall–Kier alpha value is -0.680. The second-order valence-corrected chi connectivity index (χ2v) is 5.32. The monoisotopic (exact) mass is 240 g/mol. The molecule has 0 aliphatic carbocycles. The third-order valence-corrected chi connectivity index (χ3v) is 3.11. The summed E-state index contributed by atoms with van der Waals surface area (Å²) >= 11 is 0. The van der Waals surface area contributed by atoms with Gasteiger partial charge in [0.1, 0.15) is 0 Å². The topological polar surface area (TPSA) is 34.1 Å². The summed E-state index contributed by atoms with van der Waals surface area (Å²) in [4.78, 5) is -0.166. The first-order chi connectivity index (χ1) is 6.32. The average molecular weight is 241 g/mol. The van der Waals surface area contributed by atoms with E-state index in [9.17, 15) is 17.2 Å². The van der Waals surface area contributed by atoms with Crippen LogP contribution in [0.5, 0.6) is 0 Å². The maximum atomic E-state index is 12.3. The molecule has 1 aromatic rings. The van der Waals surface area contributed by atoms with E-state index < -0.39 is 15.5 Å². The van der Waals surface area contributed by atoms with Gasteiger partial charge in [-0.1, -0.05) is 6.07 Å². The molecule has 0 aromatic heterocycles. The molecule has 0 heterocycles. The summed E-state index contributed by atoms with van der Waals surface area (Å²) in [6, 6.07) is 3.26. The minimum absolute atomic E-state index is 0.166. The van der Waals surface area contributed by atoms with Gasteiger partial charge in [-0.25, -0.2) is 17.2 Å². The van der Waals surface area contributed by atoms with E-state index in [1.54, 1.807) is 0 Å². The maximum absolute atomic E-state index is 12.3. The zero-order chi connectivity index (χ0) is 10.9. The summed E-state index contributed by atoms with van der Waals surface area (Å²) in [6.07, 6.45) is -2.61. The highest BCUT2D eigenvalue weighted by molar-refractivity contribution is 8.13. The van der Waals surface area contributed by atoms with E-state index in [4.69, 9.17) is 10.7 Å². The van der Waals surface area contributed by atoms with Crippen molar-refractivity contribution in [1.29, 1.82) is 0 Å². The zero-order valence-corrected chi connectivity index (χ0v) is 8.74. The van der Waals surface area contributed by atoms with Crippen molar-refractivity contribution in [2.45, 2.75) is 18.2 Å². The highest BCUT2D eigenvalue weighted by Gasteiger charge is 2.15. The summed E-state index contributed by atoms with van der Waals surface area (Å²) in [5.41, 5.74) is 0.0239. The molecule has 0 amide bonds. The Morgan fingerprint density at radius 1 is 1.36 bits per heavy atom. The van der Waals surface area contributed by atoms with E-state index in [1.807, 2.05) is 0 Å². The molecule has 2 nitrogen and oxygen atoms in total. The number of alkyl halides is 2. The SMILES string of the molecule is Cc1cc(S(=O)(=O)Cl)ccc1C(F)F. The van der Waals surface area contributed by atoms with Crippen molar-refractivity contribution in [3.8, 4) is 0 Å². The number of hydrogen-bond donors (Lipinski definition) is 0. The first-order valence-electron chi connectivity index (χ1n) is 3.65. The van der Waals surface area contributed by atoms with Gasteiger partial charge in [0.05, 0.1) is 4.90 Å². The number of halogens is 3. The molecule has 0 fully saturated rings. The van der Waals surface area contributed by atoms with Crippen LogP contribution in [0.25, 0.3) is 0 Å². The Morgan fingerprint density at radius 3 is 2.29 bits per heavy atom. The van der Waals surface area contributed by atoms with Crippen LogP contribution in [0.4, 0.5) is 8.78 Å². The van der Waals surface area contributed by atoms with Crippen molar-refractivity contribution in [3.63, 3.8) is 0 Å². The van der Waals surface area contributed by atoms with E-state index >= 15 is 0 Å². The molecule has 78 valence electrons. The van der Waals surface area contributed by atoms with Gasteiger partial charge in [-0.3, -0.25) is 0 Å². The Kier molecular flexibility index (Phi) is 3.11. The second-order valence-electron chi connectivity index (χ2n) is 2.76. The number of aryl methyl sites for hydroxylation is 1. The van der Waals surface area contributed by atoms with Gasteiger partial charge in [-0.2, -0.15) is 0 Å². The highest BCUT2D eigenvalue weighted by atomic mass is 35.7. The van der Waals surface area contributed by atoms with E-state index in [2.05, 4.69) is 0 Å². The van der Waals surface area contributed by atoms with Crippen LogP contribution in [-0.4, -0.2) is 8.42 Å². The molecule has 1 aromatic carbocycles. The largest absolute Gasteiger partial charge is 0.264 e. The molecular weight excluding hydrogens is 234 g/mol.